The van der Waals surface area contributed by atoms with Crippen LogP contribution in [-0.4, -0.2) is 50.9 Å². The Balaban J connectivity index is 2.91. The van der Waals surface area contributed by atoms with Crippen LogP contribution in [0, 0.1) is 0 Å². The maximum Gasteiger partial charge on any atom is 0.214 e. The van der Waals surface area contributed by atoms with Crippen LogP contribution < -0.4 is 11.3 Å². The lowest BCUT2D eigenvalue weighted by molar-refractivity contribution is 0.111. The Kier molecular flexibility index (Phi) is 7.64. The molecule has 0 bridgehead atoms. The fraction of sp³-hybridized carbons (Fsp3) is 0.500. The van der Waals surface area contributed by atoms with Crippen molar-refractivity contribution in [2.24, 2.45) is 10.8 Å². The van der Waals surface area contributed by atoms with Gasteiger partial charge < -0.3 is 14.4 Å². The minimum atomic E-state index is 0.133. The average Bonchev–Trinajstić information content (AvgIpc) is 2.47. The zero-order chi connectivity index (χ0) is 14.8. The van der Waals surface area contributed by atoms with Crippen LogP contribution in [0.1, 0.15) is 6.92 Å². The molecule has 0 saturated heterocycles. The van der Waals surface area contributed by atoms with E-state index < -0.39 is 0 Å². The van der Waals surface area contributed by atoms with E-state index in [1.807, 2.05) is 35.2 Å². The van der Waals surface area contributed by atoms with Gasteiger partial charge in [0.25, 0.3) is 0 Å². The maximum atomic E-state index is 5.62. The highest BCUT2D eigenvalue weighted by atomic mass is 16.5. The number of hydrogen-bond acceptors (Lipinski definition) is 4. The van der Waals surface area contributed by atoms with Crippen LogP contribution in [0.4, 0.5) is 5.69 Å². The molecule has 0 saturated carbocycles. The van der Waals surface area contributed by atoms with Crippen molar-refractivity contribution in [3.8, 4) is 0 Å². The van der Waals surface area contributed by atoms with E-state index in [0.717, 1.165) is 5.69 Å². The summed E-state index contributed by atoms with van der Waals surface area (Å²) in [5, 5.41) is 0. The number of nitrogens with two attached hydrogens (primary N) is 1. The second kappa shape index (κ2) is 9.30. The number of rotatable bonds is 7. The number of hydrogen-bond donors (Lipinski definition) is 2. The number of aliphatic imine (C=N–C) groups is 1. The van der Waals surface area contributed by atoms with Crippen molar-refractivity contribution in [1.29, 1.82) is 0 Å². The van der Waals surface area contributed by atoms with Crippen LogP contribution in [0.15, 0.2) is 35.3 Å². The third kappa shape index (κ3) is 5.16. The van der Waals surface area contributed by atoms with Crippen molar-refractivity contribution in [2.75, 3.05) is 34.0 Å². The first-order valence-corrected chi connectivity index (χ1v) is 6.57. The normalized spacial score (nSPS) is 13.1. The Morgan fingerprint density at radius 3 is 2.55 bits per heavy atom. The molecule has 1 rings (SSSR count). The second-order valence-electron chi connectivity index (χ2n) is 4.41. The molecule has 0 heterocycles. The van der Waals surface area contributed by atoms with Crippen molar-refractivity contribution in [2.45, 2.75) is 13.0 Å². The van der Waals surface area contributed by atoms with Gasteiger partial charge in [-0.05, 0) is 19.1 Å². The lowest BCUT2D eigenvalue weighted by atomic mass is 10.3. The summed E-state index contributed by atoms with van der Waals surface area (Å²) in [4.78, 5) is 6.56. The Morgan fingerprint density at radius 1 is 1.30 bits per heavy atom. The first-order valence-electron chi connectivity index (χ1n) is 6.57. The minimum absolute atomic E-state index is 0.133. The molecule has 0 fully saturated rings. The Hall–Kier alpha value is -1.63. The van der Waals surface area contributed by atoms with Gasteiger partial charge in [-0.15, -0.1) is 0 Å². The van der Waals surface area contributed by atoms with E-state index in [2.05, 4.69) is 17.3 Å². The molecule has 0 aliphatic carbocycles. The number of para-hydroxylation sites is 1. The van der Waals surface area contributed by atoms with E-state index >= 15 is 0 Å². The van der Waals surface area contributed by atoms with Gasteiger partial charge in [0.15, 0.2) is 0 Å². The zero-order valence-electron chi connectivity index (χ0n) is 12.4. The van der Waals surface area contributed by atoms with Crippen LogP contribution >= 0.6 is 0 Å². The molecular formula is C14H24N4O2. The lowest BCUT2D eigenvalue weighted by Crippen LogP contribution is -2.51. The quantitative estimate of drug-likeness (QED) is 0.339. The first-order chi connectivity index (χ1) is 9.72. The summed E-state index contributed by atoms with van der Waals surface area (Å²) >= 11 is 0. The van der Waals surface area contributed by atoms with Crippen molar-refractivity contribution in [3.63, 3.8) is 0 Å². The first kappa shape index (κ1) is 16.4. The number of methoxy groups -OCH3 is 2. The molecule has 1 aromatic carbocycles. The Morgan fingerprint density at radius 2 is 2.00 bits per heavy atom. The molecule has 0 amide bonds. The molecule has 20 heavy (non-hydrogen) atoms. The number of nitrogens with one attached hydrogen (secondary N) is 1. The molecule has 0 radical (unpaired) electrons. The van der Waals surface area contributed by atoms with Crippen molar-refractivity contribution >= 4 is 11.6 Å². The molecule has 0 aliphatic rings. The Labute approximate surface area is 120 Å². The fourth-order valence-corrected chi connectivity index (χ4v) is 1.86. The molecular weight excluding hydrogens is 256 g/mol. The van der Waals surface area contributed by atoms with Crippen molar-refractivity contribution in [3.05, 3.63) is 30.3 Å². The summed E-state index contributed by atoms with van der Waals surface area (Å²) in [6, 6.07) is 9.80. The summed E-state index contributed by atoms with van der Waals surface area (Å²) in [6.07, 6.45) is 0. The highest BCUT2D eigenvalue weighted by Crippen LogP contribution is 2.11. The number of nitrogens with zero attached hydrogens (tertiary/aromatic N) is 2. The van der Waals surface area contributed by atoms with E-state index in [-0.39, 0.29) is 6.04 Å². The smallest absolute Gasteiger partial charge is 0.214 e. The summed E-state index contributed by atoms with van der Waals surface area (Å²) in [5.41, 5.74) is 3.50. The zero-order valence-corrected chi connectivity index (χ0v) is 12.4. The summed E-state index contributed by atoms with van der Waals surface area (Å²) in [5.74, 6) is 6.22. The third-order valence-corrected chi connectivity index (χ3v) is 2.87. The molecule has 6 nitrogen and oxygen atoms in total. The highest BCUT2D eigenvalue weighted by molar-refractivity contribution is 5.82. The fourth-order valence-electron chi connectivity index (χ4n) is 1.86. The summed E-state index contributed by atoms with van der Waals surface area (Å²) < 4.78 is 10.3. The van der Waals surface area contributed by atoms with Gasteiger partial charge in [0.2, 0.25) is 5.96 Å². The number of guanidine groups is 1. The van der Waals surface area contributed by atoms with Crippen LogP contribution in [0.5, 0.6) is 0 Å². The van der Waals surface area contributed by atoms with Crippen LogP contribution in [0.3, 0.4) is 0 Å². The van der Waals surface area contributed by atoms with Gasteiger partial charge in [0, 0.05) is 20.8 Å². The largest absolute Gasteiger partial charge is 0.383 e. The van der Waals surface area contributed by atoms with E-state index in [9.17, 15) is 0 Å². The molecule has 1 aromatic rings. The van der Waals surface area contributed by atoms with Crippen LogP contribution in [-0.2, 0) is 9.47 Å². The van der Waals surface area contributed by atoms with Crippen LogP contribution in [0.25, 0.3) is 0 Å². The molecule has 0 aliphatic heterocycles. The van der Waals surface area contributed by atoms with Gasteiger partial charge in [-0.1, -0.05) is 18.2 Å². The van der Waals surface area contributed by atoms with Gasteiger partial charge in [-0.25, -0.2) is 10.8 Å². The molecule has 0 aromatic heterocycles. The van der Waals surface area contributed by atoms with Gasteiger partial charge in [-0.3, -0.25) is 5.43 Å². The van der Waals surface area contributed by atoms with Gasteiger partial charge >= 0.3 is 0 Å². The topological polar surface area (TPSA) is 72.1 Å². The summed E-state index contributed by atoms with van der Waals surface area (Å²) in [7, 11) is 3.35. The molecule has 1 atom stereocenters. The van der Waals surface area contributed by atoms with Gasteiger partial charge in [0.1, 0.15) is 0 Å². The van der Waals surface area contributed by atoms with Gasteiger partial charge in [-0.2, -0.15) is 0 Å². The minimum Gasteiger partial charge on any atom is -0.383 e. The van der Waals surface area contributed by atoms with Gasteiger partial charge in [0.05, 0.1) is 24.9 Å². The summed E-state index contributed by atoms with van der Waals surface area (Å²) in [6.45, 7) is 3.90. The second-order valence-corrected chi connectivity index (χ2v) is 4.41. The standard InChI is InChI=1S/C14H24N4O2/c1-12(11-20-3)18(9-10-19-2)14(17-15)16-13-7-5-4-6-8-13/h4-8,12H,9-11,15H2,1-3H3,(H,16,17). The predicted octanol–water partition coefficient (Wildman–Crippen LogP) is 1.12. The average molecular weight is 280 g/mol. The van der Waals surface area contributed by atoms with Crippen molar-refractivity contribution in [1.82, 2.24) is 10.3 Å². The highest BCUT2D eigenvalue weighted by Gasteiger charge is 2.17. The number of benzene rings is 1. The monoisotopic (exact) mass is 280 g/mol. The number of ether oxygens (including phenoxy) is 2. The maximum absolute atomic E-state index is 5.62. The third-order valence-electron chi connectivity index (χ3n) is 2.87. The molecule has 0 spiro atoms. The molecule has 112 valence electrons. The number of hydrazine groups is 1. The van der Waals surface area contributed by atoms with E-state index in [4.69, 9.17) is 15.3 Å². The lowest BCUT2D eigenvalue weighted by Gasteiger charge is -2.31. The molecule has 6 heteroatoms. The van der Waals surface area contributed by atoms with Crippen LogP contribution in [0.2, 0.25) is 0 Å². The van der Waals surface area contributed by atoms with E-state index in [1.165, 1.54) is 0 Å². The molecule has 3 N–H and O–H groups in total. The van der Waals surface area contributed by atoms with Crippen molar-refractivity contribution < 1.29 is 9.47 Å². The predicted molar refractivity (Wildman–Crippen MR) is 80.8 cm³/mol. The molecule has 1 unspecified atom stereocenters. The Bertz CT molecular complexity index is 397. The SMILES string of the molecule is COCCN(C(=Nc1ccccc1)NN)C(C)COC. The van der Waals surface area contributed by atoms with E-state index in [0.29, 0.717) is 25.7 Å². The van der Waals surface area contributed by atoms with E-state index in [1.54, 1.807) is 14.2 Å².